The third-order valence-corrected chi connectivity index (χ3v) is 6.19. The summed E-state index contributed by atoms with van der Waals surface area (Å²) in [6.07, 6.45) is 1.58. The van der Waals surface area contributed by atoms with Crippen LogP contribution >= 0.6 is 0 Å². The molecule has 184 valence electrons. The first-order valence-electron chi connectivity index (χ1n) is 11.7. The second-order valence-corrected chi connectivity index (χ2v) is 8.45. The van der Waals surface area contributed by atoms with Gasteiger partial charge in [-0.05, 0) is 12.1 Å². The predicted molar refractivity (Wildman–Crippen MR) is 137 cm³/mol. The molecule has 0 radical (unpaired) electrons. The zero-order valence-electron chi connectivity index (χ0n) is 20.5. The molecule has 1 saturated heterocycles. The van der Waals surface area contributed by atoms with E-state index in [2.05, 4.69) is 44.1 Å². The minimum absolute atomic E-state index is 0.0576. The van der Waals surface area contributed by atoms with Gasteiger partial charge in [0.15, 0.2) is 11.5 Å². The Morgan fingerprint density at radius 3 is 2.23 bits per heavy atom. The van der Waals surface area contributed by atoms with E-state index in [1.165, 1.54) is 5.56 Å². The average Bonchev–Trinajstić information content (AvgIpc) is 2.89. The Balaban J connectivity index is 1.46. The van der Waals surface area contributed by atoms with Gasteiger partial charge in [0.1, 0.15) is 11.5 Å². The molecule has 9 heteroatoms. The van der Waals surface area contributed by atoms with E-state index in [-0.39, 0.29) is 11.5 Å². The van der Waals surface area contributed by atoms with E-state index in [4.69, 9.17) is 15.2 Å². The molecule has 0 aliphatic carbocycles. The third-order valence-electron chi connectivity index (χ3n) is 6.19. The fourth-order valence-corrected chi connectivity index (χ4v) is 4.08. The highest BCUT2D eigenvalue weighted by atomic mass is 16.5. The van der Waals surface area contributed by atoms with Crippen molar-refractivity contribution >= 4 is 17.4 Å². The summed E-state index contributed by atoms with van der Waals surface area (Å²) in [5.41, 5.74) is 9.24. The van der Waals surface area contributed by atoms with Crippen LogP contribution in [0, 0.1) is 0 Å². The van der Waals surface area contributed by atoms with E-state index >= 15 is 0 Å². The molecular formula is C26H32N6O3. The first kappa shape index (κ1) is 24.4. The first-order valence-corrected chi connectivity index (χ1v) is 11.7. The van der Waals surface area contributed by atoms with Crippen LogP contribution in [0.1, 0.15) is 23.0 Å². The van der Waals surface area contributed by atoms with Gasteiger partial charge in [0.05, 0.1) is 26.1 Å². The summed E-state index contributed by atoms with van der Waals surface area (Å²) in [5, 5.41) is 2.80. The number of hydrogen-bond acceptors (Lipinski definition) is 8. The van der Waals surface area contributed by atoms with Gasteiger partial charge in [-0.3, -0.25) is 9.69 Å². The maximum absolute atomic E-state index is 13.0. The number of ether oxygens (including phenoxy) is 2. The van der Waals surface area contributed by atoms with Crippen LogP contribution in [0.25, 0.3) is 11.3 Å². The van der Waals surface area contributed by atoms with Crippen molar-refractivity contribution in [2.24, 2.45) is 0 Å². The topological polar surface area (TPSA) is 106 Å². The van der Waals surface area contributed by atoms with Gasteiger partial charge in [-0.25, -0.2) is 9.97 Å². The molecule has 9 nitrogen and oxygen atoms in total. The number of aromatic nitrogens is 2. The number of hydrogen-bond donors (Lipinski definition) is 2. The number of likely N-dealkylation sites (N-methyl/N-ethyl adjacent to an activating group) is 1. The highest BCUT2D eigenvalue weighted by Gasteiger charge is 2.17. The number of rotatable bonds is 8. The van der Waals surface area contributed by atoms with Crippen molar-refractivity contribution in [2.45, 2.75) is 13.5 Å². The Kier molecular flexibility index (Phi) is 7.79. The van der Waals surface area contributed by atoms with Crippen molar-refractivity contribution in [1.29, 1.82) is 0 Å². The second-order valence-electron chi connectivity index (χ2n) is 8.45. The van der Waals surface area contributed by atoms with Crippen molar-refractivity contribution in [1.82, 2.24) is 19.8 Å². The van der Waals surface area contributed by atoms with Crippen molar-refractivity contribution in [3.8, 4) is 22.8 Å². The summed E-state index contributed by atoms with van der Waals surface area (Å²) in [6, 6.07) is 13.3. The van der Waals surface area contributed by atoms with Crippen LogP contribution in [0.3, 0.4) is 0 Å². The minimum atomic E-state index is -0.463. The number of amides is 1. The molecular weight excluding hydrogens is 444 g/mol. The zero-order chi connectivity index (χ0) is 24.8. The number of nitrogens with one attached hydrogen (secondary N) is 1. The first-order chi connectivity index (χ1) is 17.0. The van der Waals surface area contributed by atoms with Crippen molar-refractivity contribution in [3.63, 3.8) is 0 Å². The summed E-state index contributed by atoms with van der Waals surface area (Å²) in [7, 11) is 3.09. The molecule has 0 spiro atoms. The number of carbonyl (C=O) groups excluding carboxylic acids is 1. The van der Waals surface area contributed by atoms with Gasteiger partial charge in [0, 0.05) is 62.2 Å². The number of nitrogen functional groups attached to an aromatic ring is 1. The van der Waals surface area contributed by atoms with E-state index < -0.39 is 5.91 Å². The number of methoxy groups -OCH3 is 2. The molecule has 4 rings (SSSR count). The lowest BCUT2D eigenvalue weighted by atomic mass is 10.1. The van der Waals surface area contributed by atoms with Crippen LogP contribution < -0.4 is 20.5 Å². The molecule has 0 bridgehead atoms. The van der Waals surface area contributed by atoms with Gasteiger partial charge in [0.25, 0.3) is 5.91 Å². The fraction of sp³-hybridized carbons (Fsp3) is 0.346. The quantitative estimate of drug-likeness (QED) is 0.511. The van der Waals surface area contributed by atoms with Gasteiger partial charge in [0.2, 0.25) is 0 Å². The molecule has 0 atom stereocenters. The monoisotopic (exact) mass is 476 g/mol. The fourth-order valence-electron chi connectivity index (χ4n) is 4.08. The molecule has 1 amide bonds. The normalized spacial score (nSPS) is 14.5. The average molecular weight is 477 g/mol. The number of nitrogens with zero attached hydrogens (tertiary/aromatic N) is 4. The van der Waals surface area contributed by atoms with Crippen LogP contribution in [0.5, 0.6) is 11.5 Å². The predicted octanol–water partition coefficient (Wildman–Crippen LogP) is 3.13. The van der Waals surface area contributed by atoms with Crippen LogP contribution in [0.4, 0.5) is 11.5 Å². The van der Waals surface area contributed by atoms with Gasteiger partial charge in [-0.2, -0.15) is 0 Å². The Labute approximate surface area is 205 Å². The Hall–Kier alpha value is -3.69. The number of anilines is 2. The maximum atomic E-state index is 13.0. The van der Waals surface area contributed by atoms with Crippen LogP contribution in [-0.4, -0.2) is 72.6 Å². The molecule has 1 fully saturated rings. The van der Waals surface area contributed by atoms with E-state index in [0.717, 1.165) is 44.8 Å². The summed E-state index contributed by atoms with van der Waals surface area (Å²) >= 11 is 0. The molecule has 1 aromatic heterocycles. The largest absolute Gasteiger partial charge is 0.497 e. The maximum Gasteiger partial charge on any atom is 0.278 e. The number of carbonyl (C=O) groups is 1. The summed E-state index contributed by atoms with van der Waals surface area (Å²) in [5.74, 6) is 0.707. The highest BCUT2D eigenvalue weighted by Crippen LogP contribution is 2.27. The van der Waals surface area contributed by atoms with E-state index in [9.17, 15) is 4.79 Å². The molecule has 0 unspecified atom stereocenters. The molecule has 1 aliphatic heterocycles. The number of nitrogens with two attached hydrogens (primary N) is 1. The molecule has 2 aromatic carbocycles. The summed E-state index contributed by atoms with van der Waals surface area (Å²) < 4.78 is 10.5. The smallest absolute Gasteiger partial charge is 0.278 e. The van der Waals surface area contributed by atoms with Gasteiger partial charge in [-0.15, -0.1) is 0 Å². The van der Waals surface area contributed by atoms with Crippen LogP contribution in [-0.2, 0) is 6.54 Å². The lowest BCUT2D eigenvalue weighted by Crippen LogP contribution is -2.45. The molecule has 1 aliphatic rings. The molecule has 3 aromatic rings. The molecule has 0 saturated carbocycles. The van der Waals surface area contributed by atoms with Gasteiger partial charge in [-0.1, -0.05) is 31.2 Å². The molecule has 35 heavy (non-hydrogen) atoms. The van der Waals surface area contributed by atoms with Crippen LogP contribution in [0.2, 0.25) is 0 Å². The lowest BCUT2D eigenvalue weighted by Gasteiger charge is -2.34. The van der Waals surface area contributed by atoms with Crippen molar-refractivity contribution in [3.05, 3.63) is 59.9 Å². The highest BCUT2D eigenvalue weighted by molar-refractivity contribution is 6.06. The summed E-state index contributed by atoms with van der Waals surface area (Å²) in [6.45, 7) is 8.63. The molecule has 3 N–H and O–H groups in total. The minimum Gasteiger partial charge on any atom is -0.497 e. The van der Waals surface area contributed by atoms with E-state index in [1.54, 1.807) is 38.6 Å². The Morgan fingerprint density at radius 1 is 1.00 bits per heavy atom. The van der Waals surface area contributed by atoms with Gasteiger partial charge < -0.3 is 25.4 Å². The Bertz CT molecular complexity index is 1140. The second kappa shape index (κ2) is 11.2. The summed E-state index contributed by atoms with van der Waals surface area (Å²) in [4.78, 5) is 26.6. The lowest BCUT2D eigenvalue weighted by molar-refractivity contribution is 0.102. The SMILES string of the molecule is CCN1CCN(Cc2ccc(-c3cnc(N)c(C(=O)Nc4cc(OC)cc(OC)c4)n3)cc2)CC1. The zero-order valence-corrected chi connectivity index (χ0v) is 20.5. The Morgan fingerprint density at radius 2 is 1.63 bits per heavy atom. The number of benzene rings is 2. The molecule has 2 heterocycles. The van der Waals surface area contributed by atoms with Crippen molar-refractivity contribution in [2.75, 3.05) is 58.0 Å². The van der Waals surface area contributed by atoms with Gasteiger partial charge >= 0.3 is 0 Å². The standard InChI is InChI=1S/C26H32N6O3/c1-4-31-9-11-32(12-10-31)17-18-5-7-19(8-6-18)23-16-28-25(27)24(30-23)26(33)29-20-13-21(34-2)15-22(14-20)35-3/h5-8,13-16H,4,9-12,17H2,1-3H3,(H2,27,28)(H,29,33). The van der Waals surface area contributed by atoms with E-state index in [0.29, 0.717) is 22.9 Å². The third kappa shape index (κ3) is 6.06. The number of piperazine rings is 1. The van der Waals surface area contributed by atoms with Crippen molar-refractivity contribution < 1.29 is 14.3 Å². The van der Waals surface area contributed by atoms with Crippen LogP contribution in [0.15, 0.2) is 48.7 Å². The van der Waals surface area contributed by atoms with E-state index in [1.807, 2.05) is 12.1 Å².